The summed E-state index contributed by atoms with van der Waals surface area (Å²) in [6.45, 7) is -0.260. The minimum Gasteiger partial charge on any atom is -0.495 e. The van der Waals surface area contributed by atoms with E-state index < -0.39 is 17.2 Å². The summed E-state index contributed by atoms with van der Waals surface area (Å²) in [5.74, 6) is -0.0260. The number of methoxy groups -OCH3 is 1. The van der Waals surface area contributed by atoms with Gasteiger partial charge in [-0.25, -0.2) is 9.36 Å². The second-order valence-electron chi connectivity index (χ2n) is 6.37. The lowest BCUT2D eigenvalue weighted by atomic mass is 10.3. The average Bonchev–Trinajstić information content (AvgIpc) is 3.23. The van der Waals surface area contributed by atoms with E-state index in [9.17, 15) is 14.4 Å². The summed E-state index contributed by atoms with van der Waals surface area (Å²) in [5.41, 5.74) is 0.201. The third-order valence-electron chi connectivity index (χ3n) is 4.51. The van der Waals surface area contributed by atoms with Crippen LogP contribution in [0.3, 0.4) is 0 Å². The molecule has 152 valence electrons. The molecule has 0 aliphatic heterocycles. The number of aromatic nitrogens is 2. The number of halogens is 1. The van der Waals surface area contributed by atoms with E-state index in [0.717, 1.165) is 4.57 Å². The van der Waals surface area contributed by atoms with Gasteiger partial charge in [0.05, 0.1) is 18.3 Å². The number of benzene rings is 2. The molecule has 2 aromatic carbocycles. The van der Waals surface area contributed by atoms with Gasteiger partial charge in [-0.2, -0.15) is 0 Å². The Morgan fingerprint density at radius 2 is 1.83 bits per heavy atom. The predicted molar refractivity (Wildman–Crippen MR) is 118 cm³/mol. The number of thiophene rings is 1. The van der Waals surface area contributed by atoms with E-state index in [1.54, 1.807) is 60.0 Å². The standard InChI is InChI=1S/C21H16ClN3O4S/c1-29-17-5-3-2-4-15(17)25-20(27)19-16(10-11-30-19)24(21(25)28)12-18(26)23-14-8-6-13(22)7-9-14/h2-11H,12H2,1H3,(H,23,26). The molecule has 0 radical (unpaired) electrons. The lowest BCUT2D eigenvalue weighted by Gasteiger charge is -2.14. The maximum Gasteiger partial charge on any atom is 0.336 e. The molecule has 4 aromatic rings. The molecule has 7 nitrogen and oxygen atoms in total. The van der Waals surface area contributed by atoms with Crippen LogP contribution in [0.5, 0.6) is 5.75 Å². The van der Waals surface area contributed by atoms with Crippen molar-refractivity contribution in [2.45, 2.75) is 6.54 Å². The van der Waals surface area contributed by atoms with E-state index in [4.69, 9.17) is 16.3 Å². The molecule has 0 saturated carbocycles. The van der Waals surface area contributed by atoms with Crippen molar-refractivity contribution in [2.75, 3.05) is 12.4 Å². The van der Waals surface area contributed by atoms with Gasteiger partial charge in [-0.15, -0.1) is 11.3 Å². The van der Waals surface area contributed by atoms with Crippen LogP contribution >= 0.6 is 22.9 Å². The molecule has 0 saturated heterocycles. The Hall–Kier alpha value is -3.36. The largest absolute Gasteiger partial charge is 0.495 e. The highest BCUT2D eigenvalue weighted by molar-refractivity contribution is 7.17. The highest BCUT2D eigenvalue weighted by atomic mass is 35.5. The van der Waals surface area contributed by atoms with Crippen LogP contribution in [0.15, 0.2) is 69.6 Å². The van der Waals surface area contributed by atoms with Crippen LogP contribution in [0.1, 0.15) is 0 Å². The first-order chi connectivity index (χ1) is 14.5. The third kappa shape index (κ3) is 3.62. The smallest absolute Gasteiger partial charge is 0.336 e. The van der Waals surface area contributed by atoms with Gasteiger partial charge in [-0.1, -0.05) is 23.7 Å². The van der Waals surface area contributed by atoms with Crippen molar-refractivity contribution in [3.05, 3.63) is 85.8 Å². The van der Waals surface area contributed by atoms with Gasteiger partial charge in [0.25, 0.3) is 5.56 Å². The van der Waals surface area contributed by atoms with E-state index in [0.29, 0.717) is 32.4 Å². The lowest BCUT2D eigenvalue weighted by molar-refractivity contribution is -0.116. The van der Waals surface area contributed by atoms with Crippen molar-refractivity contribution in [1.29, 1.82) is 0 Å². The van der Waals surface area contributed by atoms with E-state index in [2.05, 4.69) is 5.32 Å². The van der Waals surface area contributed by atoms with Crippen molar-refractivity contribution in [1.82, 2.24) is 9.13 Å². The van der Waals surface area contributed by atoms with Gasteiger partial charge >= 0.3 is 5.69 Å². The molecule has 0 bridgehead atoms. The molecular formula is C21H16ClN3O4S. The van der Waals surface area contributed by atoms with E-state index >= 15 is 0 Å². The number of ether oxygens (including phenoxy) is 1. The molecule has 0 aliphatic carbocycles. The van der Waals surface area contributed by atoms with E-state index in [-0.39, 0.29) is 6.54 Å². The zero-order valence-corrected chi connectivity index (χ0v) is 17.4. The van der Waals surface area contributed by atoms with Gasteiger partial charge in [-0.3, -0.25) is 14.2 Å². The number of hydrogen-bond donors (Lipinski definition) is 1. The predicted octanol–water partition coefficient (Wildman–Crippen LogP) is 3.51. The number of rotatable bonds is 5. The zero-order chi connectivity index (χ0) is 21.3. The number of hydrogen-bond acceptors (Lipinski definition) is 5. The number of anilines is 1. The Labute approximate surface area is 179 Å². The quantitative estimate of drug-likeness (QED) is 0.513. The van der Waals surface area contributed by atoms with Gasteiger partial charge < -0.3 is 10.1 Å². The summed E-state index contributed by atoms with van der Waals surface area (Å²) in [5, 5.41) is 5.00. The van der Waals surface area contributed by atoms with Gasteiger partial charge in [0.15, 0.2) is 0 Å². The number of nitrogens with zero attached hydrogens (tertiary/aromatic N) is 2. The van der Waals surface area contributed by atoms with Crippen molar-refractivity contribution in [3.63, 3.8) is 0 Å². The highest BCUT2D eigenvalue weighted by Crippen LogP contribution is 2.22. The maximum absolute atomic E-state index is 13.3. The van der Waals surface area contributed by atoms with E-state index in [1.807, 2.05) is 0 Å². The summed E-state index contributed by atoms with van der Waals surface area (Å²) in [6, 6.07) is 15.0. The van der Waals surface area contributed by atoms with Gasteiger partial charge in [-0.05, 0) is 47.8 Å². The minimum atomic E-state index is -0.623. The van der Waals surface area contributed by atoms with Gasteiger partial charge in [0, 0.05) is 10.7 Å². The second-order valence-corrected chi connectivity index (χ2v) is 7.72. The summed E-state index contributed by atoms with van der Waals surface area (Å²) in [7, 11) is 1.46. The Kier molecular flexibility index (Phi) is 5.43. The molecular weight excluding hydrogens is 426 g/mol. The molecule has 0 aliphatic rings. The van der Waals surface area contributed by atoms with Crippen molar-refractivity contribution in [3.8, 4) is 11.4 Å². The molecule has 9 heteroatoms. The normalized spacial score (nSPS) is 10.9. The Balaban J connectivity index is 1.81. The van der Waals surface area contributed by atoms with E-state index in [1.165, 1.54) is 23.0 Å². The van der Waals surface area contributed by atoms with Crippen LogP contribution in [0, 0.1) is 0 Å². The Bertz CT molecular complexity index is 1360. The molecule has 0 atom stereocenters. The summed E-state index contributed by atoms with van der Waals surface area (Å²) in [6.07, 6.45) is 0. The number of para-hydroxylation sites is 2. The number of carbonyl (C=O) groups excluding carboxylic acids is 1. The molecule has 0 unspecified atom stereocenters. The van der Waals surface area contributed by atoms with Crippen LogP contribution in [0.4, 0.5) is 5.69 Å². The van der Waals surface area contributed by atoms with Crippen LogP contribution < -0.4 is 21.3 Å². The fourth-order valence-corrected chi connectivity index (χ4v) is 4.09. The lowest BCUT2D eigenvalue weighted by Crippen LogP contribution is -2.40. The zero-order valence-electron chi connectivity index (χ0n) is 15.8. The first kappa shape index (κ1) is 19.9. The van der Waals surface area contributed by atoms with Crippen LogP contribution in [-0.4, -0.2) is 22.2 Å². The number of fused-ring (bicyclic) bond motifs is 1. The topological polar surface area (TPSA) is 82.3 Å². The van der Waals surface area contributed by atoms with Crippen molar-refractivity contribution >= 4 is 44.7 Å². The van der Waals surface area contributed by atoms with Crippen LogP contribution in [-0.2, 0) is 11.3 Å². The monoisotopic (exact) mass is 441 g/mol. The maximum atomic E-state index is 13.3. The third-order valence-corrected chi connectivity index (χ3v) is 5.65. The first-order valence-electron chi connectivity index (χ1n) is 8.91. The Morgan fingerprint density at radius 1 is 1.10 bits per heavy atom. The first-order valence-corrected chi connectivity index (χ1v) is 10.2. The molecule has 0 spiro atoms. The summed E-state index contributed by atoms with van der Waals surface area (Å²) >= 11 is 7.08. The summed E-state index contributed by atoms with van der Waals surface area (Å²) in [4.78, 5) is 38.9. The van der Waals surface area contributed by atoms with Gasteiger partial charge in [0.1, 0.15) is 17.0 Å². The highest BCUT2D eigenvalue weighted by Gasteiger charge is 2.19. The van der Waals surface area contributed by atoms with Crippen LogP contribution in [0.25, 0.3) is 15.9 Å². The average molecular weight is 442 g/mol. The Morgan fingerprint density at radius 3 is 2.57 bits per heavy atom. The number of nitrogens with one attached hydrogen (secondary N) is 1. The summed E-state index contributed by atoms with van der Waals surface area (Å²) < 4.78 is 8.01. The molecule has 4 rings (SSSR count). The number of carbonyl (C=O) groups is 1. The van der Waals surface area contributed by atoms with Crippen molar-refractivity contribution in [2.24, 2.45) is 0 Å². The molecule has 1 amide bonds. The SMILES string of the molecule is COc1ccccc1-n1c(=O)c2sccc2n(CC(=O)Nc2ccc(Cl)cc2)c1=O. The van der Waals surface area contributed by atoms with Crippen molar-refractivity contribution < 1.29 is 9.53 Å². The van der Waals surface area contributed by atoms with Crippen LogP contribution in [0.2, 0.25) is 5.02 Å². The minimum absolute atomic E-state index is 0.260. The molecule has 2 aromatic heterocycles. The molecule has 0 fully saturated rings. The van der Waals surface area contributed by atoms with Gasteiger partial charge in [0.2, 0.25) is 5.91 Å². The fraction of sp³-hybridized carbons (Fsp3) is 0.0952. The molecule has 30 heavy (non-hydrogen) atoms. The molecule has 2 heterocycles. The second kappa shape index (κ2) is 8.17. The fourth-order valence-electron chi connectivity index (χ4n) is 3.14. The molecule has 1 N–H and O–H groups in total. The number of amides is 1.